The molecule has 86 valence electrons. The lowest BCUT2D eigenvalue weighted by molar-refractivity contribution is 0.0928. The molecule has 0 unspecified atom stereocenters. The van der Waals surface area contributed by atoms with Crippen molar-refractivity contribution in [2.45, 2.75) is 0 Å². The zero-order valence-electron chi connectivity index (χ0n) is 8.30. The maximum absolute atomic E-state index is 11.7. The SMILES string of the molecule is O=C(NCI)c1ccccc1C(=O)NCI. The van der Waals surface area contributed by atoms with Gasteiger partial charge in [-0.2, -0.15) is 0 Å². The Morgan fingerprint density at radius 3 is 1.62 bits per heavy atom. The molecule has 0 spiro atoms. The van der Waals surface area contributed by atoms with Crippen LogP contribution in [0, 0.1) is 0 Å². The third-order valence-corrected chi connectivity index (χ3v) is 2.63. The predicted molar refractivity (Wildman–Crippen MR) is 79.1 cm³/mol. The van der Waals surface area contributed by atoms with Crippen LogP contribution in [0.4, 0.5) is 0 Å². The molecule has 0 aliphatic heterocycles. The number of hydrogen-bond donors (Lipinski definition) is 2. The first-order valence-corrected chi connectivity index (χ1v) is 7.53. The zero-order chi connectivity index (χ0) is 12.0. The number of alkyl halides is 2. The van der Waals surface area contributed by atoms with Crippen molar-refractivity contribution in [1.82, 2.24) is 10.6 Å². The van der Waals surface area contributed by atoms with Crippen molar-refractivity contribution in [3.05, 3.63) is 35.4 Å². The highest BCUT2D eigenvalue weighted by Crippen LogP contribution is 2.09. The Hall–Kier alpha value is -0.380. The Kier molecular flexibility index (Phi) is 6.03. The van der Waals surface area contributed by atoms with Gasteiger partial charge in [0.1, 0.15) is 0 Å². The van der Waals surface area contributed by atoms with E-state index in [4.69, 9.17) is 0 Å². The Bertz CT molecular complexity index is 359. The lowest BCUT2D eigenvalue weighted by Gasteiger charge is -2.07. The second kappa shape index (κ2) is 7.05. The van der Waals surface area contributed by atoms with Crippen LogP contribution in [0.1, 0.15) is 20.7 Å². The van der Waals surface area contributed by atoms with Crippen molar-refractivity contribution >= 4 is 57.0 Å². The van der Waals surface area contributed by atoms with Crippen molar-refractivity contribution in [2.24, 2.45) is 0 Å². The summed E-state index contributed by atoms with van der Waals surface area (Å²) in [6, 6.07) is 6.76. The number of halogens is 2. The minimum Gasteiger partial charge on any atom is -0.343 e. The van der Waals surface area contributed by atoms with Crippen molar-refractivity contribution in [3.63, 3.8) is 0 Å². The van der Waals surface area contributed by atoms with Gasteiger partial charge in [-0.1, -0.05) is 57.3 Å². The molecule has 0 heterocycles. The summed E-state index contributed by atoms with van der Waals surface area (Å²) in [5.41, 5.74) is 0.808. The summed E-state index contributed by atoms with van der Waals surface area (Å²) in [5.74, 6) is -0.456. The van der Waals surface area contributed by atoms with Gasteiger partial charge in [0, 0.05) is 0 Å². The number of rotatable bonds is 4. The van der Waals surface area contributed by atoms with Crippen LogP contribution in [0.15, 0.2) is 24.3 Å². The highest BCUT2D eigenvalue weighted by molar-refractivity contribution is 14.1. The van der Waals surface area contributed by atoms with Gasteiger partial charge in [0.05, 0.1) is 20.2 Å². The van der Waals surface area contributed by atoms with Crippen LogP contribution >= 0.6 is 45.2 Å². The van der Waals surface area contributed by atoms with Gasteiger partial charge in [0.25, 0.3) is 11.8 Å². The predicted octanol–water partition coefficient (Wildman–Crippen LogP) is 1.93. The maximum atomic E-state index is 11.7. The molecule has 16 heavy (non-hydrogen) atoms. The van der Waals surface area contributed by atoms with Crippen LogP contribution in [0.5, 0.6) is 0 Å². The Balaban J connectivity index is 3.00. The number of amides is 2. The highest BCUT2D eigenvalue weighted by Gasteiger charge is 2.15. The summed E-state index contributed by atoms with van der Waals surface area (Å²) in [7, 11) is 0. The Labute approximate surface area is 121 Å². The third-order valence-electron chi connectivity index (χ3n) is 1.87. The van der Waals surface area contributed by atoms with Crippen LogP contribution in [-0.4, -0.2) is 20.9 Å². The van der Waals surface area contributed by atoms with Gasteiger partial charge in [-0.3, -0.25) is 9.59 Å². The monoisotopic (exact) mass is 444 g/mol. The molecule has 2 N–H and O–H groups in total. The first-order valence-electron chi connectivity index (χ1n) is 4.48. The third kappa shape index (κ3) is 3.58. The van der Waals surface area contributed by atoms with E-state index in [9.17, 15) is 9.59 Å². The molecular weight excluding hydrogens is 434 g/mol. The molecule has 1 aromatic carbocycles. The standard InChI is InChI=1S/C10H10I2N2O2/c11-5-13-9(15)7-3-1-2-4-8(7)10(16)14-6-12/h1-4H,5-6H2,(H,13,15)(H,14,16). The molecule has 0 fully saturated rings. The summed E-state index contributed by atoms with van der Waals surface area (Å²) in [6.45, 7) is 0. The largest absolute Gasteiger partial charge is 0.343 e. The molecule has 0 saturated carbocycles. The van der Waals surface area contributed by atoms with Crippen molar-refractivity contribution in [3.8, 4) is 0 Å². The maximum Gasteiger partial charge on any atom is 0.252 e. The van der Waals surface area contributed by atoms with Gasteiger partial charge in [0.2, 0.25) is 0 Å². The minimum absolute atomic E-state index is 0.228. The molecule has 6 heteroatoms. The number of benzene rings is 1. The Morgan fingerprint density at radius 1 is 0.938 bits per heavy atom. The van der Waals surface area contributed by atoms with E-state index in [2.05, 4.69) is 10.6 Å². The zero-order valence-corrected chi connectivity index (χ0v) is 12.6. The second-order valence-electron chi connectivity index (χ2n) is 2.82. The van der Waals surface area contributed by atoms with E-state index in [0.717, 1.165) is 0 Å². The first kappa shape index (κ1) is 13.7. The second-order valence-corrected chi connectivity index (χ2v) is 4.35. The summed E-state index contributed by atoms with van der Waals surface area (Å²) < 4.78 is 1.03. The van der Waals surface area contributed by atoms with E-state index < -0.39 is 0 Å². The molecule has 2 amide bonds. The van der Waals surface area contributed by atoms with Crippen molar-refractivity contribution < 1.29 is 9.59 Å². The molecule has 0 saturated heterocycles. The topological polar surface area (TPSA) is 58.2 Å². The number of carbonyl (C=O) groups excluding carboxylic acids is 2. The fourth-order valence-corrected chi connectivity index (χ4v) is 1.88. The molecule has 1 aromatic rings. The smallest absolute Gasteiger partial charge is 0.252 e. The fraction of sp³-hybridized carbons (Fsp3) is 0.200. The average Bonchev–Trinajstić information content (AvgIpc) is 2.30. The molecule has 0 atom stereocenters. The van der Waals surface area contributed by atoms with Gasteiger partial charge in [-0.15, -0.1) is 0 Å². The van der Waals surface area contributed by atoms with Crippen LogP contribution in [0.2, 0.25) is 0 Å². The minimum atomic E-state index is -0.228. The highest BCUT2D eigenvalue weighted by atomic mass is 127. The molecule has 0 radical (unpaired) electrons. The van der Waals surface area contributed by atoms with Gasteiger partial charge < -0.3 is 10.6 Å². The van der Waals surface area contributed by atoms with E-state index in [1.165, 1.54) is 0 Å². The Morgan fingerprint density at radius 2 is 1.31 bits per heavy atom. The fourth-order valence-electron chi connectivity index (χ4n) is 1.19. The van der Waals surface area contributed by atoms with Crippen LogP contribution in [0.25, 0.3) is 0 Å². The quantitative estimate of drug-likeness (QED) is 0.424. The molecule has 4 nitrogen and oxygen atoms in total. The molecule has 0 aliphatic carbocycles. The summed E-state index contributed by atoms with van der Waals surface area (Å²) in [5, 5.41) is 5.33. The molecule has 0 bridgehead atoms. The van der Waals surface area contributed by atoms with Crippen LogP contribution in [-0.2, 0) is 0 Å². The van der Waals surface area contributed by atoms with E-state index in [1.54, 1.807) is 24.3 Å². The summed E-state index contributed by atoms with van der Waals surface area (Å²) in [4.78, 5) is 23.4. The summed E-state index contributed by atoms with van der Waals surface area (Å²) >= 11 is 4.08. The molecule has 0 aromatic heterocycles. The van der Waals surface area contributed by atoms with Gasteiger partial charge in [0.15, 0.2) is 0 Å². The van der Waals surface area contributed by atoms with Crippen molar-refractivity contribution in [2.75, 3.05) is 9.10 Å². The van der Waals surface area contributed by atoms with Crippen molar-refractivity contribution in [1.29, 1.82) is 0 Å². The van der Waals surface area contributed by atoms with Crippen LogP contribution < -0.4 is 10.6 Å². The number of carbonyl (C=O) groups is 2. The number of hydrogen-bond acceptors (Lipinski definition) is 2. The van der Waals surface area contributed by atoms with E-state index in [0.29, 0.717) is 20.2 Å². The normalized spacial score (nSPS) is 9.62. The van der Waals surface area contributed by atoms with E-state index in [1.807, 2.05) is 45.2 Å². The molecular formula is C10H10I2N2O2. The van der Waals surface area contributed by atoms with E-state index in [-0.39, 0.29) is 11.8 Å². The lowest BCUT2D eigenvalue weighted by atomic mass is 10.1. The van der Waals surface area contributed by atoms with Gasteiger partial charge in [-0.25, -0.2) is 0 Å². The van der Waals surface area contributed by atoms with Gasteiger partial charge in [-0.05, 0) is 12.1 Å². The van der Waals surface area contributed by atoms with Gasteiger partial charge >= 0.3 is 0 Å². The van der Waals surface area contributed by atoms with E-state index >= 15 is 0 Å². The molecule has 0 aliphatic rings. The molecule has 1 rings (SSSR count). The van der Waals surface area contributed by atoms with Crippen LogP contribution in [0.3, 0.4) is 0 Å². The first-order chi connectivity index (χ1) is 7.70. The number of nitrogens with one attached hydrogen (secondary N) is 2. The summed E-state index contributed by atoms with van der Waals surface area (Å²) in [6.07, 6.45) is 0. The average molecular weight is 444 g/mol. The lowest BCUT2D eigenvalue weighted by Crippen LogP contribution is -2.28.